The molecule has 0 spiro atoms. The lowest BCUT2D eigenvalue weighted by molar-refractivity contribution is 0.107. The number of methoxy groups -OCH3 is 1. The molecule has 3 aromatic rings. The molecular weight excluding hydrogens is 416 g/mol. The van der Waals surface area contributed by atoms with E-state index in [2.05, 4.69) is 51.1 Å². The summed E-state index contributed by atoms with van der Waals surface area (Å²) in [6, 6.07) is 14.6. The molecular formula is C25H30N6O2. The fourth-order valence-electron chi connectivity index (χ4n) is 4.48. The van der Waals surface area contributed by atoms with Gasteiger partial charge in [0.1, 0.15) is 5.60 Å². The van der Waals surface area contributed by atoms with Crippen molar-refractivity contribution in [3.05, 3.63) is 54.9 Å². The van der Waals surface area contributed by atoms with E-state index in [0.717, 1.165) is 43.1 Å². The minimum Gasteiger partial charge on any atom is -0.481 e. The number of aromatic nitrogens is 3. The summed E-state index contributed by atoms with van der Waals surface area (Å²) in [6.07, 6.45) is 5.58. The van der Waals surface area contributed by atoms with Crippen molar-refractivity contribution < 1.29 is 9.47 Å². The summed E-state index contributed by atoms with van der Waals surface area (Å²) in [5.74, 6) is 2.80. The van der Waals surface area contributed by atoms with Crippen molar-refractivity contribution in [2.24, 2.45) is 0 Å². The summed E-state index contributed by atoms with van der Waals surface area (Å²) in [6.45, 7) is 6.79. The number of nitrogens with one attached hydrogen (secondary N) is 1. The number of para-hydroxylation sites is 1. The predicted octanol–water partition coefficient (Wildman–Crippen LogP) is 4.27. The van der Waals surface area contributed by atoms with Crippen molar-refractivity contribution >= 4 is 23.1 Å². The molecule has 2 aliphatic rings. The van der Waals surface area contributed by atoms with Crippen LogP contribution in [0.3, 0.4) is 0 Å². The molecule has 0 bridgehead atoms. The van der Waals surface area contributed by atoms with E-state index in [1.807, 2.05) is 30.3 Å². The Labute approximate surface area is 194 Å². The van der Waals surface area contributed by atoms with Gasteiger partial charge in [0.25, 0.3) is 0 Å². The zero-order chi connectivity index (χ0) is 22.8. The van der Waals surface area contributed by atoms with E-state index >= 15 is 0 Å². The molecule has 0 saturated carbocycles. The number of nitrogens with zero attached hydrogens (tertiary/aromatic N) is 5. The summed E-state index contributed by atoms with van der Waals surface area (Å²) in [7, 11) is 1.64. The maximum absolute atomic E-state index is 6.18. The third-order valence-corrected chi connectivity index (χ3v) is 6.11. The van der Waals surface area contributed by atoms with Crippen molar-refractivity contribution in [3.8, 4) is 11.6 Å². The number of hydrogen-bond acceptors (Lipinski definition) is 8. The lowest BCUT2D eigenvalue weighted by atomic mass is 10.0. The van der Waals surface area contributed by atoms with Gasteiger partial charge in [-0.1, -0.05) is 18.2 Å². The topological polar surface area (TPSA) is 75.6 Å². The Kier molecular flexibility index (Phi) is 5.66. The first-order valence-electron chi connectivity index (χ1n) is 11.4. The molecule has 0 atom stereocenters. The molecule has 0 unspecified atom stereocenters. The van der Waals surface area contributed by atoms with Crippen LogP contribution in [0.1, 0.15) is 26.7 Å². The molecule has 1 saturated heterocycles. The minimum atomic E-state index is -0.330. The van der Waals surface area contributed by atoms with Crippen molar-refractivity contribution in [1.82, 2.24) is 15.0 Å². The second-order valence-corrected chi connectivity index (χ2v) is 9.13. The highest BCUT2D eigenvalue weighted by atomic mass is 16.5. The van der Waals surface area contributed by atoms with Gasteiger partial charge in [0.15, 0.2) is 11.6 Å². The Morgan fingerprint density at radius 2 is 1.85 bits per heavy atom. The van der Waals surface area contributed by atoms with Gasteiger partial charge in [-0.2, -0.15) is 4.98 Å². The van der Waals surface area contributed by atoms with Crippen LogP contribution in [0.25, 0.3) is 0 Å². The molecule has 8 heteroatoms. The molecule has 1 fully saturated rings. The van der Waals surface area contributed by atoms with Crippen LogP contribution in [0.2, 0.25) is 0 Å². The van der Waals surface area contributed by atoms with Crippen LogP contribution in [0, 0.1) is 0 Å². The molecule has 0 radical (unpaired) electrons. The highest BCUT2D eigenvalue weighted by Crippen LogP contribution is 2.39. The van der Waals surface area contributed by atoms with Crippen molar-refractivity contribution in [3.63, 3.8) is 0 Å². The first kappa shape index (κ1) is 21.3. The zero-order valence-electron chi connectivity index (χ0n) is 19.4. The number of ether oxygens (including phenoxy) is 2. The number of fused-ring (bicyclic) bond motifs is 1. The molecule has 4 heterocycles. The summed E-state index contributed by atoms with van der Waals surface area (Å²) in [4.78, 5) is 18.2. The van der Waals surface area contributed by atoms with Crippen LogP contribution in [0.15, 0.2) is 54.9 Å². The first-order chi connectivity index (χ1) is 16.0. The maximum Gasteiger partial charge on any atom is 0.225 e. The van der Waals surface area contributed by atoms with Crippen LogP contribution < -0.4 is 24.6 Å². The van der Waals surface area contributed by atoms with Crippen LogP contribution >= 0.6 is 0 Å². The second-order valence-electron chi connectivity index (χ2n) is 9.13. The fraction of sp³-hybridized carbons (Fsp3) is 0.400. The largest absolute Gasteiger partial charge is 0.481 e. The van der Waals surface area contributed by atoms with E-state index in [4.69, 9.17) is 14.5 Å². The van der Waals surface area contributed by atoms with Crippen LogP contribution in [-0.2, 0) is 0 Å². The van der Waals surface area contributed by atoms with Crippen molar-refractivity contribution in [2.75, 3.05) is 41.9 Å². The van der Waals surface area contributed by atoms with Gasteiger partial charge in [0.05, 0.1) is 19.9 Å². The average Bonchev–Trinajstić information content (AvgIpc) is 2.84. The molecule has 1 N–H and O–H groups in total. The van der Waals surface area contributed by atoms with Crippen LogP contribution in [-0.4, -0.2) is 53.3 Å². The van der Waals surface area contributed by atoms with Gasteiger partial charge in [-0.05, 0) is 44.9 Å². The number of hydrogen-bond donors (Lipinski definition) is 1. The zero-order valence-corrected chi connectivity index (χ0v) is 19.4. The first-order valence-corrected chi connectivity index (χ1v) is 11.4. The summed E-state index contributed by atoms with van der Waals surface area (Å²) in [5, 5.41) is 3.55. The average molecular weight is 447 g/mol. The lowest BCUT2D eigenvalue weighted by Crippen LogP contribution is -2.45. The molecule has 5 rings (SSSR count). The number of pyridine rings is 1. The highest BCUT2D eigenvalue weighted by Gasteiger charge is 2.34. The lowest BCUT2D eigenvalue weighted by Gasteiger charge is -2.40. The van der Waals surface area contributed by atoms with E-state index < -0.39 is 0 Å². The molecule has 2 aromatic heterocycles. The van der Waals surface area contributed by atoms with Gasteiger partial charge in [0.2, 0.25) is 11.8 Å². The predicted molar refractivity (Wildman–Crippen MR) is 130 cm³/mol. The Balaban J connectivity index is 1.30. The summed E-state index contributed by atoms with van der Waals surface area (Å²) in [5.41, 5.74) is 1.91. The van der Waals surface area contributed by atoms with Crippen LogP contribution in [0.4, 0.5) is 23.1 Å². The van der Waals surface area contributed by atoms with E-state index in [1.165, 1.54) is 0 Å². The fourth-order valence-corrected chi connectivity index (χ4v) is 4.48. The standard InChI is InChI=1S/C25H30N6O2/c1-25(2)17-31(19-7-5-4-6-8-19)23-21(33-25)16-27-24(29-23)28-18-10-13-30(14-11-18)20-9-12-26-22(15-20)32-3/h4-9,12,15-16,18H,10-11,13-14,17H2,1-3H3,(H,27,28,29). The molecule has 2 aliphatic heterocycles. The van der Waals surface area contributed by atoms with Gasteiger partial charge in [-0.25, -0.2) is 9.97 Å². The normalized spacial score (nSPS) is 17.8. The molecule has 1 aromatic carbocycles. The van der Waals surface area contributed by atoms with E-state index in [-0.39, 0.29) is 5.60 Å². The van der Waals surface area contributed by atoms with Crippen LogP contribution in [0.5, 0.6) is 11.6 Å². The Morgan fingerprint density at radius 3 is 2.61 bits per heavy atom. The van der Waals surface area contributed by atoms with Gasteiger partial charge in [-0.3, -0.25) is 0 Å². The molecule has 33 heavy (non-hydrogen) atoms. The Bertz CT molecular complexity index is 1100. The van der Waals surface area contributed by atoms with Gasteiger partial charge in [0, 0.05) is 42.8 Å². The Hall–Kier alpha value is -3.55. The van der Waals surface area contributed by atoms with Gasteiger partial charge < -0.3 is 24.6 Å². The van der Waals surface area contributed by atoms with E-state index in [0.29, 0.717) is 30.2 Å². The monoisotopic (exact) mass is 446 g/mol. The SMILES string of the molecule is COc1cc(N2CCC(Nc3ncc4c(n3)N(c3ccccc3)CC(C)(C)O4)CC2)ccn1. The van der Waals surface area contributed by atoms with E-state index in [1.54, 1.807) is 19.5 Å². The number of benzene rings is 1. The second kappa shape index (κ2) is 8.77. The van der Waals surface area contributed by atoms with Gasteiger partial charge >= 0.3 is 0 Å². The number of anilines is 4. The van der Waals surface area contributed by atoms with Gasteiger partial charge in [-0.15, -0.1) is 0 Å². The minimum absolute atomic E-state index is 0.314. The molecule has 8 nitrogen and oxygen atoms in total. The number of rotatable bonds is 5. The maximum atomic E-state index is 6.18. The van der Waals surface area contributed by atoms with E-state index in [9.17, 15) is 0 Å². The number of piperidine rings is 1. The third-order valence-electron chi connectivity index (χ3n) is 6.11. The summed E-state index contributed by atoms with van der Waals surface area (Å²) >= 11 is 0. The Morgan fingerprint density at radius 1 is 1.06 bits per heavy atom. The van der Waals surface area contributed by atoms with Crippen molar-refractivity contribution in [1.29, 1.82) is 0 Å². The summed E-state index contributed by atoms with van der Waals surface area (Å²) < 4.78 is 11.4. The quantitative estimate of drug-likeness (QED) is 0.623. The highest BCUT2D eigenvalue weighted by molar-refractivity contribution is 5.68. The third kappa shape index (κ3) is 4.65. The van der Waals surface area contributed by atoms with Crippen molar-refractivity contribution in [2.45, 2.75) is 38.3 Å². The smallest absolute Gasteiger partial charge is 0.225 e. The molecule has 0 aliphatic carbocycles. The molecule has 0 amide bonds. The molecule has 172 valence electrons.